The fourth-order valence-corrected chi connectivity index (χ4v) is 4.42. The first-order valence-corrected chi connectivity index (χ1v) is 10.4. The van der Waals surface area contributed by atoms with Crippen LogP contribution in [0.2, 0.25) is 0 Å². The molecule has 3 rings (SSSR count). The van der Waals surface area contributed by atoms with Crippen LogP contribution in [-0.2, 0) is 17.7 Å². The normalized spacial score (nSPS) is 17.5. The van der Waals surface area contributed by atoms with Crippen molar-refractivity contribution in [2.24, 2.45) is 10.9 Å². The van der Waals surface area contributed by atoms with E-state index in [0.717, 1.165) is 32.0 Å². The Hall–Kier alpha value is -1.19. The topological polar surface area (TPSA) is 49.8 Å². The van der Waals surface area contributed by atoms with Gasteiger partial charge in [0.05, 0.1) is 24.7 Å². The fourth-order valence-electron chi connectivity index (χ4n) is 3.35. The first kappa shape index (κ1) is 23.1. The highest BCUT2D eigenvalue weighted by atomic mass is 127. The van der Waals surface area contributed by atoms with E-state index in [4.69, 9.17) is 4.74 Å². The number of aliphatic imine (C=N–C) groups is 1. The zero-order valence-electron chi connectivity index (χ0n) is 17.1. The number of halogens is 1. The number of nitrogens with one attached hydrogen (secondary N) is 1. The molecule has 1 fully saturated rings. The molecule has 2 heterocycles. The Labute approximate surface area is 189 Å². The molecule has 0 spiro atoms. The van der Waals surface area contributed by atoms with Crippen molar-refractivity contribution in [1.29, 1.82) is 0 Å². The minimum Gasteiger partial charge on any atom is -0.370 e. The molecule has 0 aliphatic carbocycles. The smallest absolute Gasteiger partial charge is 0.194 e. The predicted octanol–water partition coefficient (Wildman–Crippen LogP) is 4.42. The number of hydrogen-bond acceptors (Lipinski definition) is 4. The lowest BCUT2D eigenvalue weighted by molar-refractivity contribution is -0.00833. The number of benzene rings is 1. The van der Waals surface area contributed by atoms with Gasteiger partial charge in [-0.2, -0.15) is 0 Å². The second-order valence-corrected chi connectivity index (χ2v) is 8.58. The number of hydrogen-bond donors (Lipinski definition) is 1. The number of morpholine rings is 1. The first-order chi connectivity index (χ1) is 13.1. The molecule has 1 atom stereocenters. The lowest BCUT2D eigenvalue weighted by atomic mass is 10.0. The zero-order chi connectivity index (χ0) is 19.2. The van der Waals surface area contributed by atoms with Crippen molar-refractivity contribution in [2.45, 2.75) is 39.8 Å². The Kier molecular flexibility index (Phi) is 9.17. The van der Waals surface area contributed by atoms with Crippen LogP contribution in [0, 0.1) is 12.8 Å². The van der Waals surface area contributed by atoms with E-state index in [1.165, 1.54) is 21.0 Å². The summed E-state index contributed by atoms with van der Waals surface area (Å²) >= 11 is 1.79. The second kappa shape index (κ2) is 11.1. The third-order valence-corrected chi connectivity index (χ3v) is 5.74. The summed E-state index contributed by atoms with van der Waals surface area (Å²) in [6.45, 7) is 9.72. The van der Waals surface area contributed by atoms with E-state index < -0.39 is 0 Å². The van der Waals surface area contributed by atoms with Crippen LogP contribution in [0.25, 0.3) is 0 Å². The SMILES string of the molecule is CN=C(NCc1cnc(CC(C)C)s1)N1CCOC(c2ccccc2C)C1.I. The van der Waals surface area contributed by atoms with Gasteiger partial charge in [-0.1, -0.05) is 38.1 Å². The summed E-state index contributed by atoms with van der Waals surface area (Å²) in [5, 5.41) is 4.71. The van der Waals surface area contributed by atoms with Crippen LogP contribution in [0.5, 0.6) is 0 Å². The minimum absolute atomic E-state index is 0. The third-order valence-electron chi connectivity index (χ3n) is 4.72. The molecule has 1 aliphatic rings. The van der Waals surface area contributed by atoms with E-state index >= 15 is 0 Å². The lowest BCUT2D eigenvalue weighted by Gasteiger charge is -2.35. The summed E-state index contributed by atoms with van der Waals surface area (Å²) in [7, 11) is 1.84. The van der Waals surface area contributed by atoms with Crippen LogP contribution in [-0.4, -0.2) is 42.6 Å². The summed E-state index contributed by atoms with van der Waals surface area (Å²) in [5.41, 5.74) is 2.54. The Bertz CT molecular complexity index is 777. The molecule has 7 heteroatoms. The van der Waals surface area contributed by atoms with Crippen molar-refractivity contribution in [1.82, 2.24) is 15.2 Å². The molecule has 1 aliphatic heterocycles. The van der Waals surface area contributed by atoms with E-state index in [-0.39, 0.29) is 30.1 Å². The minimum atomic E-state index is 0. The monoisotopic (exact) mass is 514 g/mol. The molecule has 2 aromatic rings. The van der Waals surface area contributed by atoms with Crippen LogP contribution < -0.4 is 5.32 Å². The molecule has 0 bridgehead atoms. The largest absolute Gasteiger partial charge is 0.370 e. The van der Waals surface area contributed by atoms with E-state index in [0.29, 0.717) is 12.5 Å². The standard InChI is InChI=1S/C21H30N4OS.HI/c1-15(2)11-20-23-12-17(27-20)13-24-21(22-4)25-9-10-26-19(14-25)18-8-6-5-7-16(18)3;/h5-8,12,15,19H,9-11,13-14H2,1-4H3,(H,22,24);1H. The Morgan fingerprint density at radius 3 is 2.89 bits per heavy atom. The molecule has 0 saturated carbocycles. The highest BCUT2D eigenvalue weighted by Crippen LogP contribution is 2.25. The van der Waals surface area contributed by atoms with Crippen LogP contribution in [0.1, 0.15) is 41.0 Å². The predicted molar refractivity (Wildman–Crippen MR) is 128 cm³/mol. The highest BCUT2D eigenvalue weighted by molar-refractivity contribution is 14.0. The molecule has 0 radical (unpaired) electrons. The van der Waals surface area contributed by atoms with Crippen molar-refractivity contribution in [3.05, 3.63) is 51.5 Å². The molecule has 1 N–H and O–H groups in total. The number of aromatic nitrogens is 1. The van der Waals surface area contributed by atoms with Gasteiger partial charge in [0.15, 0.2) is 5.96 Å². The van der Waals surface area contributed by atoms with Gasteiger partial charge in [0.25, 0.3) is 0 Å². The van der Waals surface area contributed by atoms with Gasteiger partial charge in [-0.15, -0.1) is 35.3 Å². The molecule has 0 amide bonds. The summed E-state index contributed by atoms with van der Waals surface area (Å²) in [4.78, 5) is 12.6. The fraction of sp³-hybridized carbons (Fsp3) is 0.524. The molecule has 28 heavy (non-hydrogen) atoms. The Balaban J connectivity index is 0.00000280. The van der Waals surface area contributed by atoms with Crippen LogP contribution in [0.4, 0.5) is 0 Å². The maximum atomic E-state index is 6.04. The van der Waals surface area contributed by atoms with Crippen molar-refractivity contribution < 1.29 is 4.74 Å². The van der Waals surface area contributed by atoms with Crippen LogP contribution >= 0.6 is 35.3 Å². The van der Waals surface area contributed by atoms with Gasteiger partial charge < -0.3 is 15.0 Å². The number of guanidine groups is 1. The van der Waals surface area contributed by atoms with E-state index in [1.807, 2.05) is 13.2 Å². The third kappa shape index (κ3) is 6.15. The van der Waals surface area contributed by atoms with Gasteiger partial charge in [-0.05, 0) is 24.0 Å². The van der Waals surface area contributed by atoms with Crippen LogP contribution in [0.3, 0.4) is 0 Å². The number of aryl methyl sites for hydroxylation is 1. The van der Waals surface area contributed by atoms with Gasteiger partial charge in [-0.3, -0.25) is 4.99 Å². The number of rotatable bonds is 5. The molecule has 1 aromatic carbocycles. The van der Waals surface area contributed by atoms with Crippen molar-refractivity contribution in [3.8, 4) is 0 Å². The van der Waals surface area contributed by atoms with Gasteiger partial charge in [0.2, 0.25) is 0 Å². The average Bonchev–Trinajstić information content (AvgIpc) is 3.09. The highest BCUT2D eigenvalue weighted by Gasteiger charge is 2.25. The van der Waals surface area contributed by atoms with Gasteiger partial charge in [0, 0.05) is 31.1 Å². The molecular formula is C21H31IN4OS. The maximum absolute atomic E-state index is 6.04. The van der Waals surface area contributed by atoms with Crippen molar-refractivity contribution >= 4 is 41.3 Å². The molecule has 1 saturated heterocycles. The number of ether oxygens (including phenoxy) is 1. The number of thiazole rings is 1. The van der Waals surface area contributed by atoms with Gasteiger partial charge in [-0.25, -0.2) is 4.98 Å². The zero-order valence-corrected chi connectivity index (χ0v) is 20.3. The summed E-state index contributed by atoms with van der Waals surface area (Å²) < 4.78 is 6.04. The van der Waals surface area contributed by atoms with Crippen molar-refractivity contribution in [2.75, 3.05) is 26.7 Å². The molecule has 1 aromatic heterocycles. The summed E-state index contributed by atoms with van der Waals surface area (Å²) in [6, 6.07) is 8.45. The molecular weight excluding hydrogens is 483 g/mol. The Morgan fingerprint density at radius 2 is 2.18 bits per heavy atom. The van der Waals surface area contributed by atoms with Crippen LogP contribution in [0.15, 0.2) is 35.5 Å². The van der Waals surface area contributed by atoms with Crippen molar-refractivity contribution in [3.63, 3.8) is 0 Å². The number of nitrogens with zero attached hydrogens (tertiary/aromatic N) is 3. The lowest BCUT2D eigenvalue weighted by Crippen LogP contribution is -2.48. The van der Waals surface area contributed by atoms with Gasteiger partial charge in [0.1, 0.15) is 6.10 Å². The Morgan fingerprint density at radius 1 is 1.39 bits per heavy atom. The second-order valence-electron chi connectivity index (χ2n) is 7.38. The molecule has 154 valence electrons. The van der Waals surface area contributed by atoms with E-state index in [2.05, 4.69) is 65.2 Å². The maximum Gasteiger partial charge on any atom is 0.194 e. The first-order valence-electron chi connectivity index (χ1n) is 9.63. The molecule has 5 nitrogen and oxygen atoms in total. The quantitative estimate of drug-likeness (QED) is 0.365. The molecule has 1 unspecified atom stereocenters. The van der Waals surface area contributed by atoms with E-state index in [1.54, 1.807) is 11.3 Å². The van der Waals surface area contributed by atoms with E-state index in [9.17, 15) is 0 Å². The summed E-state index contributed by atoms with van der Waals surface area (Å²) in [5.74, 6) is 1.56. The average molecular weight is 514 g/mol. The summed E-state index contributed by atoms with van der Waals surface area (Å²) in [6.07, 6.45) is 3.11. The van der Waals surface area contributed by atoms with Gasteiger partial charge >= 0.3 is 0 Å².